The molecule has 0 radical (unpaired) electrons. The fourth-order valence-electron chi connectivity index (χ4n) is 7.03. The number of fused-ring (bicyclic) bond motifs is 1. The first-order chi connectivity index (χ1) is 16.3. The van der Waals surface area contributed by atoms with Crippen molar-refractivity contribution < 1.29 is 19.2 Å². The first-order valence-corrected chi connectivity index (χ1v) is 12.7. The predicted molar refractivity (Wildman–Crippen MR) is 127 cm³/mol. The molecule has 1 aromatic carbocycles. The Morgan fingerprint density at radius 2 is 1.91 bits per heavy atom. The maximum atomic E-state index is 14.2. The summed E-state index contributed by atoms with van der Waals surface area (Å²) in [6.45, 7) is 5.51. The number of nitrogens with zero attached hydrogens (tertiary/aromatic N) is 1. The highest BCUT2D eigenvalue weighted by molar-refractivity contribution is 5.95. The topological polar surface area (TPSA) is 95.6 Å². The minimum Gasteiger partial charge on any atom is -0.356 e. The fourth-order valence-corrected chi connectivity index (χ4v) is 7.03. The lowest BCUT2D eigenvalue weighted by Crippen LogP contribution is -2.56. The number of amides is 3. The Morgan fingerprint density at radius 3 is 2.53 bits per heavy atom. The van der Waals surface area contributed by atoms with Crippen LogP contribution in [0.2, 0.25) is 0 Å². The van der Waals surface area contributed by atoms with Gasteiger partial charge in [-0.25, -0.2) is 0 Å². The Bertz CT molecular complexity index is 985. The van der Waals surface area contributed by atoms with Crippen LogP contribution in [-0.2, 0) is 24.6 Å². The van der Waals surface area contributed by atoms with Gasteiger partial charge in [-0.3, -0.25) is 14.4 Å². The third-order valence-corrected chi connectivity index (χ3v) is 9.12. The summed E-state index contributed by atoms with van der Waals surface area (Å²) >= 11 is 0. The van der Waals surface area contributed by atoms with Crippen LogP contribution in [0, 0.1) is 23.2 Å². The zero-order valence-corrected chi connectivity index (χ0v) is 20.1. The molecular weight excluding hydrogens is 430 g/mol. The molecule has 2 aliphatic heterocycles. The highest BCUT2D eigenvalue weighted by Gasteiger charge is 2.70. The number of piperidine rings is 1. The molecule has 182 valence electrons. The maximum absolute atomic E-state index is 14.2. The van der Waals surface area contributed by atoms with Crippen LogP contribution in [0.15, 0.2) is 30.3 Å². The fraction of sp³-hybridized carbons (Fsp3) is 0.630. The summed E-state index contributed by atoms with van der Waals surface area (Å²) in [5, 5.41) is 5.68. The van der Waals surface area contributed by atoms with E-state index in [4.69, 9.17) is 0 Å². The number of carbonyl (C=O) groups is 4. The number of benzene rings is 1. The van der Waals surface area contributed by atoms with Crippen molar-refractivity contribution in [2.24, 2.45) is 23.2 Å². The molecule has 2 heterocycles. The molecule has 0 unspecified atom stereocenters. The summed E-state index contributed by atoms with van der Waals surface area (Å²) in [5.41, 5.74) is 0.456. The van der Waals surface area contributed by atoms with E-state index in [0.717, 1.165) is 37.5 Å². The quantitative estimate of drug-likeness (QED) is 0.604. The molecule has 7 nitrogen and oxygen atoms in total. The van der Waals surface area contributed by atoms with E-state index in [1.807, 2.05) is 35.2 Å². The number of likely N-dealkylation sites (tertiary alicyclic amines) is 1. The van der Waals surface area contributed by atoms with E-state index in [-0.39, 0.29) is 40.9 Å². The monoisotopic (exact) mass is 465 g/mol. The van der Waals surface area contributed by atoms with Crippen molar-refractivity contribution in [3.63, 3.8) is 0 Å². The second-order valence-corrected chi connectivity index (χ2v) is 11.3. The largest absolute Gasteiger partial charge is 0.356 e. The van der Waals surface area contributed by atoms with Crippen molar-refractivity contribution in [3.05, 3.63) is 35.9 Å². The van der Waals surface area contributed by atoms with Crippen LogP contribution in [0.1, 0.15) is 57.9 Å². The van der Waals surface area contributed by atoms with Gasteiger partial charge in [0.25, 0.3) is 0 Å². The van der Waals surface area contributed by atoms with E-state index >= 15 is 0 Å². The van der Waals surface area contributed by atoms with Crippen LogP contribution in [0.4, 0.5) is 0 Å². The van der Waals surface area contributed by atoms with Crippen molar-refractivity contribution in [1.82, 2.24) is 15.5 Å². The number of hydrogen-bond donors (Lipinski definition) is 2. The third-order valence-electron chi connectivity index (χ3n) is 9.12. The van der Waals surface area contributed by atoms with Crippen molar-refractivity contribution >= 4 is 24.0 Å². The summed E-state index contributed by atoms with van der Waals surface area (Å²) in [6.07, 6.45) is 5.29. The van der Waals surface area contributed by atoms with Gasteiger partial charge in [-0.2, -0.15) is 0 Å². The molecule has 3 amide bonds. The second-order valence-electron chi connectivity index (χ2n) is 11.3. The molecule has 34 heavy (non-hydrogen) atoms. The molecule has 2 saturated carbocycles. The number of hydrogen-bond acceptors (Lipinski definition) is 4. The molecule has 7 heteroatoms. The van der Waals surface area contributed by atoms with Crippen LogP contribution in [0.25, 0.3) is 0 Å². The van der Waals surface area contributed by atoms with E-state index in [9.17, 15) is 19.2 Å². The van der Waals surface area contributed by atoms with E-state index in [0.29, 0.717) is 25.9 Å². The Morgan fingerprint density at radius 1 is 1.21 bits per heavy atom. The van der Waals surface area contributed by atoms with Crippen molar-refractivity contribution in [1.29, 1.82) is 0 Å². The molecule has 0 aromatic heterocycles. The Labute approximate surface area is 201 Å². The van der Waals surface area contributed by atoms with Gasteiger partial charge in [-0.05, 0) is 48.5 Å². The lowest BCUT2D eigenvalue weighted by molar-refractivity contribution is -0.145. The highest BCUT2D eigenvalue weighted by Crippen LogP contribution is 2.65. The van der Waals surface area contributed by atoms with Gasteiger partial charge in [0.05, 0.1) is 11.5 Å². The van der Waals surface area contributed by atoms with Crippen molar-refractivity contribution in [2.45, 2.75) is 69.9 Å². The van der Waals surface area contributed by atoms with E-state index in [1.54, 1.807) is 0 Å². The maximum Gasteiger partial charge on any atom is 0.243 e. The van der Waals surface area contributed by atoms with Gasteiger partial charge in [0.15, 0.2) is 0 Å². The lowest BCUT2D eigenvalue weighted by atomic mass is 9.77. The van der Waals surface area contributed by atoms with E-state index in [1.165, 1.54) is 0 Å². The average molecular weight is 466 g/mol. The standard InChI is InChI=1S/C27H35N3O4/c1-26(2)20-15-30(25(34)27(11-6-7-12-27)18-8-4-3-5-9-18)22(21(20)26)24(33)29-19(16-31)14-17-10-13-28-23(17)32/h3-5,8-9,16-17,19-22H,6-7,10-15H2,1-2H3,(H,28,32)(H,29,33)/t17-,19-,20-,21-,22-/m0/s1. The van der Waals surface area contributed by atoms with Gasteiger partial charge in [-0.1, -0.05) is 57.0 Å². The molecule has 0 bridgehead atoms. The van der Waals surface area contributed by atoms with Crippen molar-refractivity contribution in [3.8, 4) is 0 Å². The number of nitrogens with one attached hydrogen (secondary N) is 2. The number of aldehydes is 1. The second kappa shape index (κ2) is 8.51. The summed E-state index contributed by atoms with van der Waals surface area (Å²) in [5.74, 6) is -0.153. The summed E-state index contributed by atoms with van der Waals surface area (Å²) in [7, 11) is 0. The van der Waals surface area contributed by atoms with Crippen LogP contribution < -0.4 is 10.6 Å². The van der Waals surface area contributed by atoms with Gasteiger partial charge in [0.2, 0.25) is 17.7 Å². The molecule has 5 rings (SSSR count). The molecule has 4 fully saturated rings. The minimum atomic E-state index is -0.728. The highest BCUT2D eigenvalue weighted by atomic mass is 16.2. The molecule has 4 aliphatic rings. The van der Waals surface area contributed by atoms with Gasteiger partial charge in [0.1, 0.15) is 12.3 Å². The first kappa shape index (κ1) is 23.1. The molecule has 5 atom stereocenters. The van der Waals surface area contributed by atoms with Gasteiger partial charge < -0.3 is 20.3 Å². The van der Waals surface area contributed by atoms with E-state index in [2.05, 4.69) is 24.5 Å². The summed E-state index contributed by atoms with van der Waals surface area (Å²) in [6, 6.07) is 8.69. The average Bonchev–Trinajstić information content (AvgIpc) is 3.39. The molecule has 2 N–H and O–H groups in total. The molecule has 1 aromatic rings. The predicted octanol–water partition coefficient (Wildman–Crippen LogP) is 2.19. The molecule has 0 spiro atoms. The van der Waals surface area contributed by atoms with E-state index < -0.39 is 17.5 Å². The van der Waals surface area contributed by atoms with Gasteiger partial charge in [-0.15, -0.1) is 0 Å². The number of rotatable bonds is 7. The van der Waals surface area contributed by atoms with Crippen molar-refractivity contribution in [2.75, 3.05) is 13.1 Å². The SMILES string of the molecule is CC1(C)[C@@H]2[C@@H](C(=O)N[C@H](C=O)C[C@@H]3CCNC3=O)N(C(=O)C3(c4ccccc4)CCCC3)C[C@@H]21. The van der Waals surface area contributed by atoms with Gasteiger partial charge >= 0.3 is 0 Å². The van der Waals surface area contributed by atoms with Gasteiger partial charge in [0, 0.05) is 19.0 Å². The molecular formula is C27H35N3O4. The normalized spacial score (nSPS) is 31.5. The summed E-state index contributed by atoms with van der Waals surface area (Å²) < 4.78 is 0. The van der Waals surface area contributed by atoms with Crippen LogP contribution in [0.5, 0.6) is 0 Å². The Balaban J connectivity index is 1.38. The van der Waals surface area contributed by atoms with Crippen LogP contribution in [0.3, 0.4) is 0 Å². The minimum absolute atomic E-state index is 0.00358. The molecule has 2 aliphatic carbocycles. The Hall–Kier alpha value is -2.70. The number of carbonyl (C=O) groups excluding carboxylic acids is 4. The lowest BCUT2D eigenvalue weighted by Gasteiger charge is -2.38. The molecule has 2 saturated heterocycles. The summed E-state index contributed by atoms with van der Waals surface area (Å²) in [4.78, 5) is 53.4. The third kappa shape index (κ3) is 3.64. The van der Waals surface area contributed by atoms with Crippen LogP contribution >= 0.6 is 0 Å². The smallest absolute Gasteiger partial charge is 0.243 e. The zero-order valence-electron chi connectivity index (χ0n) is 20.1. The Kier molecular flexibility index (Phi) is 5.77. The first-order valence-electron chi connectivity index (χ1n) is 12.7. The van der Waals surface area contributed by atoms with Crippen LogP contribution in [-0.4, -0.2) is 54.1 Å². The zero-order chi connectivity index (χ0) is 24.1.